The number of likely N-dealkylation sites (N-methyl/N-ethyl adjacent to an activating group) is 2. The normalized spacial score (nSPS) is 23.2. The zero-order valence-electron chi connectivity index (χ0n) is 18.5. The van der Waals surface area contributed by atoms with Crippen molar-refractivity contribution >= 4 is 5.96 Å². The molecular formula is C22H38N6O. The smallest absolute Gasteiger partial charge is 0.191 e. The van der Waals surface area contributed by atoms with Gasteiger partial charge in [0.1, 0.15) is 5.75 Å². The third-order valence-electron chi connectivity index (χ3n) is 6.23. The lowest BCUT2D eigenvalue weighted by Gasteiger charge is -2.38. The van der Waals surface area contributed by atoms with Crippen LogP contribution in [0.1, 0.15) is 24.4 Å². The van der Waals surface area contributed by atoms with Crippen LogP contribution in [0.5, 0.6) is 5.75 Å². The van der Waals surface area contributed by atoms with Gasteiger partial charge in [-0.1, -0.05) is 12.1 Å². The highest BCUT2D eigenvalue weighted by molar-refractivity contribution is 5.79. The molecule has 1 aromatic carbocycles. The fourth-order valence-electron chi connectivity index (χ4n) is 4.31. The summed E-state index contributed by atoms with van der Waals surface area (Å²) in [5.74, 6) is 1.79. The van der Waals surface area contributed by atoms with Crippen molar-refractivity contribution in [3.05, 3.63) is 29.8 Å². The standard InChI is InChI=1S/C22H38N6O/c1-23-22(24-15-19-17-26(2)12-13-27(19)3)25-16-21(28-10-5-6-11-28)18-8-7-9-20(14-18)29-4/h7-9,14,19,21H,5-6,10-13,15-17H2,1-4H3,(H2,23,24,25). The Morgan fingerprint density at radius 1 is 1.17 bits per heavy atom. The van der Waals surface area contributed by atoms with Crippen LogP contribution < -0.4 is 15.4 Å². The summed E-state index contributed by atoms with van der Waals surface area (Å²) in [6.45, 7) is 7.35. The molecule has 0 radical (unpaired) electrons. The van der Waals surface area contributed by atoms with E-state index in [0.29, 0.717) is 12.1 Å². The number of likely N-dealkylation sites (tertiary alicyclic amines) is 1. The van der Waals surface area contributed by atoms with E-state index >= 15 is 0 Å². The fourth-order valence-corrected chi connectivity index (χ4v) is 4.31. The van der Waals surface area contributed by atoms with Crippen LogP contribution in [0.15, 0.2) is 29.3 Å². The Morgan fingerprint density at radius 2 is 1.97 bits per heavy atom. The number of aliphatic imine (C=N–C) groups is 1. The van der Waals surface area contributed by atoms with Crippen molar-refractivity contribution < 1.29 is 4.74 Å². The molecule has 2 heterocycles. The molecule has 29 heavy (non-hydrogen) atoms. The van der Waals surface area contributed by atoms with Crippen LogP contribution in [0.2, 0.25) is 0 Å². The van der Waals surface area contributed by atoms with Crippen LogP contribution >= 0.6 is 0 Å². The molecule has 0 saturated carbocycles. The van der Waals surface area contributed by atoms with E-state index in [4.69, 9.17) is 4.74 Å². The van der Waals surface area contributed by atoms with E-state index in [1.165, 1.54) is 18.4 Å². The molecule has 2 saturated heterocycles. The first-order valence-electron chi connectivity index (χ1n) is 10.8. The molecule has 7 nitrogen and oxygen atoms in total. The summed E-state index contributed by atoms with van der Waals surface area (Å²) < 4.78 is 5.46. The minimum Gasteiger partial charge on any atom is -0.497 e. The average molecular weight is 403 g/mol. The zero-order chi connectivity index (χ0) is 20.6. The van der Waals surface area contributed by atoms with Gasteiger partial charge in [0.2, 0.25) is 0 Å². The average Bonchev–Trinajstić information content (AvgIpc) is 3.27. The Balaban J connectivity index is 1.59. The summed E-state index contributed by atoms with van der Waals surface area (Å²) in [5, 5.41) is 7.11. The second-order valence-electron chi connectivity index (χ2n) is 8.27. The van der Waals surface area contributed by atoms with Crippen LogP contribution in [0.3, 0.4) is 0 Å². The van der Waals surface area contributed by atoms with Gasteiger partial charge < -0.3 is 20.3 Å². The number of piperazine rings is 1. The topological polar surface area (TPSA) is 55.4 Å². The number of guanidine groups is 1. The first-order valence-corrected chi connectivity index (χ1v) is 10.8. The van der Waals surface area contributed by atoms with Gasteiger partial charge in [0.25, 0.3) is 0 Å². The van der Waals surface area contributed by atoms with Gasteiger partial charge in [-0.25, -0.2) is 0 Å². The molecule has 0 aromatic heterocycles. The van der Waals surface area contributed by atoms with E-state index in [9.17, 15) is 0 Å². The van der Waals surface area contributed by atoms with Crippen molar-refractivity contribution in [3.8, 4) is 5.75 Å². The number of ether oxygens (including phenoxy) is 1. The van der Waals surface area contributed by atoms with Crippen molar-refractivity contribution in [3.63, 3.8) is 0 Å². The van der Waals surface area contributed by atoms with Crippen LogP contribution in [-0.4, -0.2) is 101 Å². The van der Waals surface area contributed by atoms with E-state index in [1.807, 2.05) is 13.1 Å². The molecule has 2 unspecified atom stereocenters. The lowest BCUT2D eigenvalue weighted by molar-refractivity contribution is 0.116. The predicted molar refractivity (Wildman–Crippen MR) is 120 cm³/mol. The monoisotopic (exact) mass is 402 g/mol. The maximum absolute atomic E-state index is 5.46. The van der Waals surface area contributed by atoms with Gasteiger partial charge in [-0.05, 0) is 57.7 Å². The Labute approximate surface area is 176 Å². The number of benzene rings is 1. The third-order valence-corrected chi connectivity index (χ3v) is 6.23. The summed E-state index contributed by atoms with van der Waals surface area (Å²) >= 11 is 0. The second-order valence-corrected chi connectivity index (χ2v) is 8.27. The van der Waals surface area contributed by atoms with Gasteiger partial charge in [0.05, 0.1) is 13.2 Å². The zero-order valence-corrected chi connectivity index (χ0v) is 18.5. The highest BCUT2D eigenvalue weighted by atomic mass is 16.5. The van der Waals surface area contributed by atoms with Gasteiger partial charge in [-0.3, -0.25) is 14.8 Å². The van der Waals surface area contributed by atoms with Crippen LogP contribution in [-0.2, 0) is 0 Å². The summed E-state index contributed by atoms with van der Waals surface area (Å²) in [4.78, 5) is 11.9. The van der Waals surface area contributed by atoms with Gasteiger partial charge in [-0.2, -0.15) is 0 Å². The highest BCUT2D eigenvalue weighted by Crippen LogP contribution is 2.27. The first-order chi connectivity index (χ1) is 14.1. The lowest BCUT2D eigenvalue weighted by Crippen LogP contribution is -2.55. The summed E-state index contributed by atoms with van der Waals surface area (Å²) in [6, 6.07) is 9.27. The quantitative estimate of drug-likeness (QED) is 0.529. The number of nitrogens with one attached hydrogen (secondary N) is 2. The van der Waals surface area contributed by atoms with Crippen molar-refractivity contribution in [1.29, 1.82) is 0 Å². The Morgan fingerprint density at radius 3 is 2.69 bits per heavy atom. The largest absolute Gasteiger partial charge is 0.497 e. The Hall–Kier alpha value is -1.83. The van der Waals surface area contributed by atoms with Crippen LogP contribution in [0, 0.1) is 0 Å². The maximum Gasteiger partial charge on any atom is 0.191 e. The molecule has 2 aliphatic rings. The Kier molecular flexibility index (Phi) is 8.15. The van der Waals surface area contributed by atoms with Crippen molar-refractivity contribution in [1.82, 2.24) is 25.3 Å². The Bertz CT molecular complexity index is 660. The molecule has 2 N–H and O–H groups in total. The van der Waals surface area contributed by atoms with E-state index < -0.39 is 0 Å². The van der Waals surface area contributed by atoms with E-state index in [1.54, 1.807) is 7.11 Å². The summed E-state index contributed by atoms with van der Waals surface area (Å²) in [7, 11) is 7.99. The fraction of sp³-hybridized carbons (Fsp3) is 0.682. The summed E-state index contributed by atoms with van der Waals surface area (Å²) in [5.41, 5.74) is 1.29. The van der Waals surface area contributed by atoms with Crippen LogP contribution in [0.4, 0.5) is 0 Å². The third kappa shape index (κ3) is 6.07. The molecule has 2 atom stereocenters. The van der Waals surface area contributed by atoms with E-state index in [0.717, 1.165) is 57.5 Å². The summed E-state index contributed by atoms with van der Waals surface area (Å²) in [6.07, 6.45) is 2.55. The minimum atomic E-state index is 0.314. The van der Waals surface area contributed by atoms with E-state index in [2.05, 4.69) is 62.6 Å². The number of nitrogens with zero attached hydrogens (tertiary/aromatic N) is 4. The molecule has 0 bridgehead atoms. The van der Waals surface area contributed by atoms with Crippen LogP contribution in [0.25, 0.3) is 0 Å². The molecule has 2 aliphatic heterocycles. The molecule has 0 amide bonds. The van der Waals surface area contributed by atoms with Gasteiger partial charge >= 0.3 is 0 Å². The van der Waals surface area contributed by atoms with E-state index in [-0.39, 0.29) is 0 Å². The number of rotatable bonds is 7. The molecule has 2 fully saturated rings. The second kappa shape index (κ2) is 10.8. The molecule has 0 aliphatic carbocycles. The van der Waals surface area contributed by atoms with Gasteiger partial charge in [-0.15, -0.1) is 0 Å². The molecule has 1 aromatic rings. The van der Waals surface area contributed by atoms with Gasteiger partial charge in [0.15, 0.2) is 5.96 Å². The predicted octanol–water partition coefficient (Wildman–Crippen LogP) is 1.24. The molecule has 3 rings (SSSR count). The number of hydrogen-bond acceptors (Lipinski definition) is 5. The molecule has 0 spiro atoms. The SMILES string of the molecule is CN=C(NCC1CN(C)CCN1C)NCC(c1cccc(OC)c1)N1CCCC1. The lowest BCUT2D eigenvalue weighted by atomic mass is 10.1. The highest BCUT2D eigenvalue weighted by Gasteiger charge is 2.25. The molecular weight excluding hydrogens is 364 g/mol. The number of methoxy groups -OCH3 is 1. The number of hydrogen-bond donors (Lipinski definition) is 2. The van der Waals surface area contributed by atoms with Gasteiger partial charge in [0, 0.05) is 45.8 Å². The first kappa shape index (κ1) is 21.9. The van der Waals surface area contributed by atoms with Crippen molar-refractivity contribution in [2.75, 3.05) is 74.1 Å². The molecule has 7 heteroatoms. The maximum atomic E-state index is 5.46. The minimum absolute atomic E-state index is 0.314. The van der Waals surface area contributed by atoms with Crippen molar-refractivity contribution in [2.24, 2.45) is 4.99 Å². The molecule has 162 valence electrons. The van der Waals surface area contributed by atoms with Crippen molar-refractivity contribution in [2.45, 2.75) is 24.9 Å².